The summed E-state index contributed by atoms with van der Waals surface area (Å²) in [6.07, 6.45) is -4.54. The summed E-state index contributed by atoms with van der Waals surface area (Å²) in [6.45, 7) is 1.08. The van der Waals surface area contributed by atoms with E-state index in [2.05, 4.69) is 0 Å². The Morgan fingerprint density at radius 3 is 2.33 bits per heavy atom. The Hall–Kier alpha value is -0.300. The van der Waals surface area contributed by atoms with Gasteiger partial charge in [0.2, 0.25) is 0 Å². The molecule has 0 heterocycles. The molecule has 0 N–H and O–H groups in total. The summed E-state index contributed by atoms with van der Waals surface area (Å²) in [5.74, 6) is -0.650. The van der Waals surface area contributed by atoms with E-state index < -0.39 is 17.5 Å². The SMILES string of the molecule is CC(=O)c1cc(Cl)cc(I)c1C(F)(F)F. The van der Waals surface area contributed by atoms with Crippen molar-refractivity contribution in [1.29, 1.82) is 0 Å². The Balaban J connectivity index is 3.55. The lowest BCUT2D eigenvalue weighted by atomic mass is 10.0. The van der Waals surface area contributed by atoms with Crippen molar-refractivity contribution in [1.82, 2.24) is 0 Å². The fourth-order valence-corrected chi connectivity index (χ4v) is 2.47. The van der Waals surface area contributed by atoms with Gasteiger partial charge in [-0.25, -0.2) is 0 Å². The standard InChI is InChI=1S/C9H5ClF3IO/c1-4(15)6-2-5(10)3-7(14)8(6)9(11,12)13/h2-3H,1H3. The molecule has 1 aromatic rings. The normalized spacial score (nSPS) is 11.6. The van der Waals surface area contributed by atoms with E-state index in [1.807, 2.05) is 0 Å². The van der Waals surface area contributed by atoms with Crippen molar-refractivity contribution in [3.63, 3.8) is 0 Å². The van der Waals surface area contributed by atoms with Crippen LogP contribution in [0.1, 0.15) is 22.8 Å². The van der Waals surface area contributed by atoms with Crippen LogP contribution in [0.4, 0.5) is 13.2 Å². The van der Waals surface area contributed by atoms with Crippen molar-refractivity contribution in [3.8, 4) is 0 Å². The molecule has 0 aromatic heterocycles. The predicted molar refractivity (Wildman–Crippen MR) is 59.2 cm³/mol. The number of rotatable bonds is 1. The van der Waals surface area contributed by atoms with Crippen molar-refractivity contribution in [2.45, 2.75) is 13.1 Å². The van der Waals surface area contributed by atoms with Gasteiger partial charge in [-0.2, -0.15) is 13.2 Å². The van der Waals surface area contributed by atoms with Crippen LogP contribution in [0.15, 0.2) is 12.1 Å². The Labute approximate surface area is 103 Å². The van der Waals surface area contributed by atoms with Crippen molar-refractivity contribution >= 4 is 40.0 Å². The highest BCUT2D eigenvalue weighted by Crippen LogP contribution is 2.37. The minimum Gasteiger partial charge on any atom is -0.294 e. The van der Waals surface area contributed by atoms with E-state index in [-0.39, 0.29) is 14.2 Å². The quantitative estimate of drug-likeness (QED) is 0.550. The topological polar surface area (TPSA) is 17.1 Å². The number of ketones is 1. The van der Waals surface area contributed by atoms with E-state index in [1.165, 1.54) is 28.7 Å². The van der Waals surface area contributed by atoms with Crippen molar-refractivity contribution in [2.24, 2.45) is 0 Å². The maximum Gasteiger partial charge on any atom is 0.418 e. The molecule has 0 radical (unpaired) electrons. The molecule has 1 aromatic carbocycles. The zero-order chi connectivity index (χ0) is 11.8. The first-order valence-electron chi connectivity index (χ1n) is 3.80. The lowest BCUT2D eigenvalue weighted by molar-refractivity contribution is -0.138. The molecule has 0 amide bonds. The Kier molecular flexibility index (Phi) is 3.65. The molecule has 0 aliphatic heterocycles. The molecule has 1 nitrogen and oxygen atoms in total. The van der Waals surface area contributed by atoms with Crippen LogP contribution in [0.3, 0.4) is 0 Å². The highest BCUT2D eigenvalue weighted by atomic mass is 127. The van der Waals surface area contributed by atoms with Gasteiger partial charge in [0.1, 0.15) is 0 Å². The summed E-state index contributed by atoms with van der Waals surface area (Å²) in [5, 5.41) is 0.123. The molecule has 15 heavy (non-hydrogen) atoms. The molecule has 6 heteroatoms. The Morgan fingerprint density at radius 1 is 1.40 bits per heavy atom. The summed E-state index contributed by atoms with van der Waals surface area (Å²) in [6, 6.07) is 2.21. The zero-order valence-corrected chi connectivity index (χ0v) is 10.4. The van der Waals surface area contributed by atoms with Gasteiger partial charge in [-0.15, -0.1) is 0 Å². The minimum absolute atomic E-state index is 0.0715. The smallest absolute Gasteiger partial charge is 0.294 e. The largest absolute Gasteiger partial charge is 0.418 e. The van der Waals surface area contributed by atoms with Gasteiger partial charge >= 0.3 is 6.18 Å². The van der Waals surface area contributed by atoms with Crippen LogP contribution in [0.2, 0.25) is 5.02 Å². The number of hydrogen-bond acceptors (Lipinski definition) is 1. The minimum atomic E-state index is -4.54. The summed E-state index contributed by atoms with van der Waals surface area (Å²) >= 11 is 7.11. The predicted octanol–water partition coefficient (Wildman–Crippen LogP) is 4.17. The number of hydrogen-bond donors (Lipinski definition) is 0. The number of Topliss-reactive ketones (excluding diaryl/α,β-unsaturated/α-hetero) is 1. The van der Waals surface area contributed by atoms with Gasteiger partial charge in [0.25, 0.3) is 0 Å². The molecule has 0 bridgehead atoms. The summed E-state index contributed by atoms with van der Waals surface area (Å²) in [5.41, 5.74) is -1.31. The zero-order valence-electron chi connectivity index (χ0n) is 7.45. The second-order valence-electron chi connectivity index (χ2n) is 2.86. The first-order chi connectivity index (χ1) is 6.73. The van der Waals surface area contributed by atoms with Gasteiger partial charge in [0.05, 0.1) is 5.56 Å². The van der Waals surface area contributed by atoms with E-state index in [0.29, 0.717) is 0 Å². The number of halogens is 5. The molecule has 0 saturated heterocycles. The van der Waals surface area contributed by atoms with Crippen LogP contribution in [0.25, 0.3) is 0 Å². The van der Waals surface area contributed by atoms with E-state index in [4.69, 9.17) is 11.6 Å². The van der Waals surface area contributed by atoms with Gasteiger partial charge in [0.15, 0.2) is 5.78 Å². The average molecular weight is 348 g/mol. The number of alkyl halides is 3. The van der Waals surface area contributed by atoms with Crippen molar-refractivity contribution in [2.75, 3.05) is 0 Å². The maximum absolute atomic E-state index is 12.6. The number of carbonyl (C=O) groups is 1. The van der Waals surface area contributed by atoms with E-state index >= 15 is 0 Å². The summed E-state index contributed by atoms with van der Waals surface area (Å²) in [4.78, 5) is 11.1. The first kappa shape index (κ1) is 12.8. The molecule has 1 rings (SSSR count). The molecule has 0 fully saturated rings. The number of benzene rings is 1. The highest BCUT2D eigenvalue weighted by molar-refractivity contribution is 14.1. The molecular formula is C9H5ClF3IO. The van der Waals surface area contributed by atoms with Crippen LogP contribution in [-0.4, -0.2) is 5.78 Å². The second kappa shape index (κ2) is 4.29. The molecular weight excluding hydrogens is 343 g/mol. The Bertz CT molecular complexity index is 415. The number of carbonyl (C=O) groups excluding carboxylic acids is 1. The highest BCUT2D eigenvalue weighted by Gasteiger charge is 2.37. The third-order valence-electron chi connectivity index (χ3n) is 1.72. The molecule has 0 saturated carbocycles. The van der Waals surface area contributed by atoms with E-state index in [1.54, 1.807) is 0 Å². The van der Waals surface area contributed by atoms with E-state index in [9.17, 15) is 18.0 Å². The van der Waals surface area contributed by atoms with Crippen molar-refractivity contribution in [3.05, 3.63) is 31.9 Å². The average Bonchev–Trinajstić information content (AvgIpc) is 1.99. The van der Waals surface area contributed by atoms with Gasteiger partial charge < -0.3 is 0 Å². The lowest BCUT2D eigenvalue weighted by Gasteiger charge is -2.13. The van der Waals surface area contributed by atoms with Crippen LogP contribution < -0.4 is 0 Å². The van der Waals surface area contributed by atoms with Crippen LogP contribution in [0.5, 0.6) is 0 Å². The molecule has 82 valence electrons. The fourth-order valence-electron chi connectivity index (χ4n) is 1.14. The maximum atomic E-state index is 12.6. The van der Waals surface area contributed by atoms with Crippen molar-refractivity contribution < 1.29 is 18.0 Å². The monoisotopic (exact) mass is 348 g/mol. The molecule has 0 aliphatic carbocycles. The molecule has 0 spiro atoms. The summed E-state index contributed by atoms with van der Waals surface area (Å²) < 4.78 is 37.7. The molecule has 0 atom stereocenters. The molecule has 0 aliphatic rings. The molecule has 0 unspecified atom stereocenters. The Morgan fingerprint density at radius 2 is 1.93 bits per heavy atom. The van der Waals surface area contributed by atoms with E-state index in [0.717, 1.165) is 13.0 Å². The van der Waals surface area contributed by atoms with Gasteiger partial charge in [-0.3, -0.25) is 4.79 Å². The third-order valence-corrected chi connectivity index (χ3v) is 2.79. The third kappa shape index (κ3) is 2.84. The van der Waals surface area contributed by atoms with Gasteiger partial charge in [-0.1, -0.05) is 11.6 Å². The fraction of sp³-hybridized carbons (Fsp3) is 0.222. The van der Waals surface area contributed by atoms with Gasteiger partial charge in [-0.05, 0) is 41.6 Å². The van der Waals surface area contributed by atoms with Crippen LogP contribution in [-0.2, 0) is 6.18 Å². The van der Waals surface area contributed by atoms with Crippen LogP contribution >= 0.6 is 34.2 Å². The summed E-state index contributed by atoms with van der Waals surface area (Å²) in [7, 11) is 0. The lowest BCUT2D eigenvalue weighted by Crippen LogP contribution is -2.14. The second-order valence-corrected chi connectivity index (χ2v) is 4.46. The van der Waals surface area contributed by atoms with Gasteiger partial charge in [0, 0.05) is 14.2 Å². The first-order valence-corrected chi connectivity index (χ1v) is 5.26. The van der Waals surface area contributed by atoms with Crippen LogP contribution in [0, 0.1) is 3.57 Å².